The SMILES string of the molecule is CSCCC(NC(=O)C(N)C(C)O)C(=O)NCC(=O)NC(CC(=O)O)C(=O)O. The lowest BCUT2D eigenvalue weighted by atomic mass is 10.1. The molecule has 0 saturated heterocycles. The van der Waals surface area contributed by atoms with Crippen molar-refractivity contribution in [3.05, 3.63) is 0 Å². The van der Waals surface area contributed by atoms with Gasteiger partial charge in [-0.3, -0.25) is 19.2 Å². The van der Waals surface area contributed by atoms with E-state index in [4.69, 9.17) is 15.9 Å². The number of nitrogens with one attached hydrogen (secondary N) is 3. The van der Waals surface area contributed by atoms with E-state index in [1.807, 2.05) is 5.32 Å². The third-order valence-electron chi connectivity index (χ3n) is 3.50. The van der Waals surface area contributed by atoms with Crippen LogP contribution in [0.15, 0.2) is 0 Å². The Bertz CT molecular complexity index is 586. The third kappa shape index (κ3) is 10.1. The molecule has 0 bridgehead atoms. The largest absolute Gasteiger partial charge is 0.481 e. The quantitative estimate of drug-likeness (QED) is 0.161. The van der Waals surface area contributed by atoms with Crippen molar-refractivity contribution in [2.45, 2.75) is 44.0 Å². The van der Waals surface area contributed by atoms with E-state index < -0.39 is 66.9 Å². The molecule has 0 radical (unpaired) electrons. The number of thioether (sulfide) groups is 1. The molecule has 0 aromatic rings. The highest BCUT2D eigenvalue weighted by Crippen LogP contribution is 2.02. The molecule has 0 aromatic carbocycles. The standard InChI is InChI=1S/C15H26N4O8S/c1-7(20)12(16)14(25)19-8(3-4-28-2)13(24)17-6-10(21)18-9(15(26)27)5-11(22)23/h7-9,12,20H,3-6,16H2,1-2H3,(H,17,24)(H,18,21)(H,19,25)(H,22,23)(H,26,27). The van der Waals surface area contributed by atoms with Crippen LogP contribution >= 0.6 is 11.8 Å². The van der Waals surface area contributed by atoms with Gasteiger partial charge < -0.3 is 37.0 Å². The predicted molar refractivity (Wildman–Crippen MR) is 99.4 cm³/mol. The molecule has 0 heterocycles. The van der Waals surface area contributed by atoms with Crippen molar-refractivity contribution >= 4 is 41.4 Å². The Balaban J connectivity index is 4.80. The summed E-state index contributed by atoms with van der Waals surface area (Å²) in [4.78, 5) is 57.5. The molecular formula is C15H26N4O8S. The average Bonchev–Trinajstić information content (AvgIpc) is 2.60. The van der Waals surface area contributed by atoms with Crippen LogP contribution in [-0.2, 0) is 24.0 Å². The Labute approximate surface area is 165 Å². The minimum Gasteiger partial charge on any atom is -0.481 e. The maximum absolute atomic E-state index is 12.3. The molecule has 8 N–H and O–H groups in total. The van der Waals surface area contributed by atoms with Gasteiger partial charge in [-0.05, 0) is 25.4 Å². The number of carboxylic acid groups (broad SMARTS) is 2. The van der Waals surface area contributed by atoms with Gasteiger partial charge in [0.2, 0.25) is 17.7 Å². The van der Waals surface area contributed by atoms with Gasteiger partial charge in [0.1, 0.15) is 18.1 Å². The van der Waals surface area contributed by atoms with Crippen molar-refractivity contribution in [1.29, 1.82) is 0 Å². The molecule has 4 atom stereocenters. The van der Waals surface area contributed by atoms with Crippen LogP contribution in [-0.4, -0.2) is 87.8 Å². The highest BCUT2D eigenvalue weighted by Gasteiger charge is 2.27. The molecule has 3 amide bonds. The van der Waals surface area contributed by atoms with Gasteiger partial charge in [0.25, 0.3) is 0 Å². The van der Waals surface area contributed by atoms with Gasteiger partial charge in [-0.2, -0.15) is 11.8 Å². The second-order valence-corrected chi connectivity index (χ2v) is 6.87. The van der Waals surface area contributed by atoms with Crippen molar-refractivity contribution < 1.29 is 39.3 Å². The van der Waals surface area contributed by atoms with Crippen molar-refractivity contribution in [3.8, 4) is 0 Å². The molecule has 0 saturated carbocycles. The Morgan fingerprint density at radius 2 is 1.64 bits per heavy atom. The van der Waals surface area contributed by atoms with E-state index in [1.54, 1.807) is 6.26 Å². The second-order valence-electron chi connectivity index (χ2n) is 5.88. The maximum Gasteiger partial charge on any atom is 0.326 e. The first-order valence-corrected chi connectivity index (χ1v) is 9.63. The number of aliphatic hydroxyl groups is 1. The number of carbonyl (C=O) groups excluding carboxylic acids is 3. The van der Waals surface area contributed by atoms with E-state index in [0.29, 0.717) is 5.75 Å². The molecule has 160 valence electrons. The van der Waals surface area contributed by atoms with Crippen molar-refractivity contribution in [3.63, 3.8) is 0 Å². The van der Waals surface area contributed by atoms with Gasteiger partial charge >= 0.3 is 11.9 Å². The first-order chi connectivity index (χ1) is 13.0. The van der Waals surface area contributed by atoms with E-state index in [1.165, 1.54) is 18.7 Å². The van der Waals surface area contributed by atoms with Crippen LogP contribution in [0.2, 0.25) is 0 Å². The van der Waals surface area contributed by atoms with Gasteiger partial charge in [-0.1, -0.05) is 0 Å². The summed E-state index contributed by atoms with van der Waals surface area (Å²) in [7, 11) is 0. The molecular weight excluding hydrogens is 396 g/mol. The first kappa shape index (κ1) is 25.6. The number of amides is 3. The zero-order chi connectivity index (χ0) is 21.9. The molecule has 28 heavy (non-hydrogen) atoms. The smallest absolute Gasteiger partial charge is 0.326 e. The van der Waals surface area contributed by atoms with Crippen LogP contribution in [0.4, 0.5) is 0 Å². The lowest BCUT2D eigenvalue weighted by Crippen LogP contribution is -2.55. The predicted octanol–water partition coefficient (Wildman–Crippen LogP) is -2.91. The summed E-state index contributed by atoms with van der Waals surface area (Å²) in [5.74, 6) is -4.79. The Morgan fingerprint density at radius 3 is 2.11 bits per heavy atom. The summed E-state index contributed by atoms with van der Waals surface area (Å²) in [6.45, 7) is 0.706. The lowest BCUT2D eigenvalue weighted by molar-refractivity contribution is -0.147. The fourth-order valence-electron chi connectivity index (χ4n) is 1.90. The van der Waals surface area contributed by atoms with Gasteiger partial charge in [-0.15, -0.1) is 0 Å². The summed E-state index contributed by atoms with van der Waals surface area (Å²) in [6, 6.07) is -3.90. The number of aliphatic carboxylic acids is 2. The number of hydrogen-bond acceptors (Lipinski definition) is 8. The van der Waals surface area contributed by atoms with Gasteiger partial charge in [-0.25, -0.2) is 4.79 Å². The minimum atomic E-state index is -1.64. The summed E-state index contributed by atoms with van der Waals surface area (Å²) in [6.07, 6.45) is 0.0694. The van der Waals surface area contributed by atoms with Crippen LogP contribution in [0.1, 0.15) is 19.8 Å². The van der Waals surface area contributed by atoms with E-state index in [0.717, 1.165) is 0 Å². The number of carboxylic acids is 2. The number of rotatable bonds is 13. The van der Waals surface area contributed by atoms with E-state index in [9.17, 15) is 29.1 Å². The topological polar surface area (TPSA) is 208 Å². The van der Waals surface area contributed by atoms with Gasteiger partial charge in [0, 0.05) is 0 Å². The van der Waals surface area contributed by atoms with Gasteiger partial charge in [0.05, 0.1) is 19.1 Å². The molecule has 0 aliphatic rings. The van der Waals surface area contributed by atoms with Gasteiger partial charge in [0.15, 0.2) is 0 Å². The van der Waals surface area contributed by atoms with E-state index in [2.05, 4.69) is 10.6 Å². The molecule has 13 heteroatoms. The third-order valence-corrected chi connectivity index (χ3v) is 4.15. The minimum absolute atomic E-state index is 0.226. The normalized spacial score (nSPS) is 14.9. The fourth-order valence-corrected chi connectivity index (χ4v) is 2.37. The lowest BCUT2D eigenvalue weighted by Gasteiger charge is -2.21. The molecule has 12 nitrogen and oxygen atoms in total. The molecule has 0 rings (SSSR count). The maximum atomic E-state index is 12.3. The molecule has 0 aliphatic heterocycles. The molecule has 4 unspecified atom stereocenters. The van der Waals surface area contributed by atoms with E-state index in [-0.39, 0.29) is 6.42 Å². The van der Waals surface area contributed by atoms with Crippen LogP contribution < -0.4 is 21.7 Å². The summed E-state index contributed by atoms with van der Waals surface area (Å²) in [5.41, 5.74) is 5.52. The zero-order valence-corrected chi connectivity index (χ0v) is 16.3. The Hall–Kier alpha value is -2.38. The monoisotopic (exact) mass is 422 g/mol. The van der Waals surface area contributed by atoms with E-state index >= 15 is 0 Å². The number of aliphatic hydroxyl groups excluding tert-OH is 1. The molecule has 0 aliphatic carbocycles. The average molecular weight is 422 g/mol. The summed E-state index contributed by atoms with van der Waals surface area (Å²) >= 11 is 1.42. The summed E-state index contributed by atoms with van der Waals surface area (Å²) < 4.78 is 0. The molecule has 0 spiro atoms. The van der Waals surface area contributed by atoms with Crippen LogP contribution in [0, 0.1) is 0 Å². The number of nitrogens with two attached hydrogens (primary N) is 1. The van der Waals surface area contributed by atoms with Crippen molar-refractivity contribution in [2.75, 3.05) is 18.6 Å². The van der Waals surface area contributed by atoms with Crippen LogP contribution in [0.3, 0.4) is 0 Å². The fraction of sp³-hybridized carbons (Fsp3) is 0.667. The van der Waals surface area contributed by atoms with Crippen LogP contribution in [0.25, 0.3) is 0 Å². The van der Waals surface area contributed by atoms with Crippen molar-refractivity contribution in [1.82, 2.24) is 16.0 Å². The highest BCUT2D eigenvalue weighted by molar-refractivity contribution is 7.98. The number of carbonyl (C=O) groups is 5. The summed E-state index contributed by atoms with van der Waals surface area (Å²) in [5, 5.41) is 33.5. The first-order valence-electron chi connectivity index (χ1n) is 8.24. The zero-order valence-electron chi connectivity index (χ0n) is 15.5. The highest BCUT2D eigenvalue weighted by atomic mass is 32.2. The van der Waals surface area contributed by atoms with Crippen LogP contribution in [0.5, 0.6) is 0 Å². The number of hydrogen-bond donors (Lipinski definition) is 7. The molecule has 0 aromatic heterocycles. The Morgan fingerprint density at radius 1 is 1.04 bits per heavy atom. The second kappa shape index (κ2) is 12.9. The Kier molecular flexibility index (Phi) is 11.8. The van der Waals surface area contributed by atoms with Crippen molar-refractivity contribution in [2.24, 2.45) is 5.73 Å². The molecule has 0 fully saturated rings.